The van der Waals surface area contributed by atoms with Gasteiger partial charge in [-0.3, -0.25) is 29.4 Å². The molecule has 1 fully saturated rings. The highest BCUT2D eigenvalue weighted by molar-refractivity contribution is 6.25. The summed E-state index contributed by atoms with van der Waals surface area (Å²) in [4.78, 5) is 61.1. The van der Waals surface area contributed by atoms with Gasteiger partial charge in [-0.2, -0.15) is 0 Å². The minimum Gasteiger partial charge on any atom is -0.480 e. The minimum atomic E-state index is -1.02. The number of carbonyl (C=O) groups excluding carboxylic acids is 4. The fraction of sp³-hybridized carbons (Fsp3) is 0.686. The Bertz CT molecular complexity index is 1280. The Labute approximate surface area is 314 Å². The summed E-state index contributed by atoms with van der Waals surface area (Å²) in [7, 11) is 0. The van der Waals surface area contributed by atoms with Crippen LogP contribution in [0.5, 0.6) is 0 Å². The Morgan fingerprint density at radius 1 is 0.630 bits per heavy atom. The van der Waals surface area contributed by atoms with Crippen molar-refractivity contribution in [3.05, 3.63) is 29.3 Å². The molecule has 19 heteroatoms. The van der Waals surface area contributed by atoms with Gasteiger partial charge in [-0.25, -0.2) is 4.79 Å². The van der Waals surface area contributed by atoms with Crippen molar-refractivity contribution in [1.29, 1.82) is 0 Å². The summed E-state index contributed by atoms with van der Waals surface area (Å²) >= 11 is 0. The van der Waals surface area contributed by atoms with Crippen LogP contribution in [0.1, 0.15) is 33.6 Å². The standard InChI is InChI=1S/C35H53N3O16/c39-30-5-4-29(33(42)37-30)38-34(43)27-2-1-3-28(32(27)35(38)44)36-6-7-45-8-9-46-10-11-47-12-13-48-14-15-49-16-17-50-18-19-51-20-21-52-22-23-53-24-25-54-26-31(40)41/h1-3,29,36H,4-26H2,(H,40,41)(H,37,39,42). The average Bonchev–Trinajstić information content (AvgIpc) is 3.41. The Balaban J connectivity index is 1.02. The number of piperidine rings is 1. The number of hydrogen-bond acceptors (Lipinski definition) is 16. The van der Waals surface area contributed by atoms with Gasteiger partial charge >= 0.3 is 5.97 Å². The quantitative estimate of drug-likeness (QED) is 0.0607. The molecular formula is C35H53N3O16. The van der Waals surface area contributed by atoms with Gasteiger partial charge < -0.3 is 57.8 Å². The zero-order chi connectivity index (χ0) is 38.6. The molecule has 3 N–H and O–H groups in total. The summed E-state index contributed by atoms with van der Waals surface area (Å²) < 4.78 is 53.8. The summed E-state index contributed by atoms with van der Waals surface area (Å²) in [5.41, 5.74) is 0.889. The lowest BCUT2D eigenvalue weighted by molar-refractivity contribution is -0.143. The van der Waals surface area contributed by atoms with E-state index in [-0.39, 0.29) is 37.2 Å². The topological polar surface area (TPSA) is 225 Å². The zero-order valence-electron chi connectivity index (χ0n) is 30.6. The van der Waals surface area contributed by atoms with Crippen LogP contribution in [0, 0.1) is 0 Å². The average molecular weight is 772 g/mol. The molecule has 54 heavy (non-hydrogen) atoms. The first kappa shape index (κ1) is 44.8. The monoisotopic (exact) mass is 771 g/mol. The number of aliphatic carboxylic acids is 1. The zero-order valence-corrected chi connectivity index (χ0v) is 30.6. The fourth-order valence-electron chi connectivity index (χ4n) is 5.06. The smallest absolute Gasteiger partial charge is 0.329 e. The van der Waals surface area contributed by atoms with Gasteiger partial charge in [0.25, 0.3) is 11.8 Å². The van der Waals surface area contributed by atoms with Crippen molar-refractivity contribution < 1.29 is 76.4 Å². The third-order valence-electron chi connectivity index (χ3n) is 7.60. The molecule has 2 aliphatic rings. The van der Waals surface area contributed by atoms with E-state index in [0.29, 0.717) is 131 Å². The number of imide groups is 2. The summed E-state index contributed by atoms with van der Waals surface area (Å²) in [6.07, 6.45) is 0.160. The summed E-state index contributed by atoms with van der Waals surface area (Å²) in [5, 5.41) is 13.8. The van der Waals surface area contributed by atoms with Gasteiger partial charge in [0.05, 0.1) is 137 Å². The van der Waals surface area contributed by atoms with E-state index in [2.05, 4.69) is 10.6 Å². The van der Waals surface area contributed by atoms with E-state index in [1.54, 1.807) is 18.2 Å². The van der Waals surface area contributed by atoms with Gasteiger partial charge in [-0.05, 0) is 18.6 Å². The van der Waals surface area contributed by atoms with Crippen molar-refractivity contribution in [2.24, 2.45) is 0 Å². The first-order chi connectivity index (χ1) is 26.4. The second kappa shape index (κ2) is 27.9. The maximum Gasteiger partial charge on any atom is 0.329 e. The number of nitrogens with one attached hydrogen (secondary N) is 2. The number of rotatable bonds is 34. The highest BCUT2D eigenvalue weighted by Crippen LogP contribution is 2.32. The summed E-state index contributed by atoms with van der Waals surface area (Å²) in [6, 6.07) is 3.88. The second-order valence-electron chi connectivity index (χ2n) is 11.6. The number of carbonyl (C=O) groups is 5. The maximum atomic E-state index is 13.1. The van der Waals surface area contributed by atoms with Crippen LogP contribution in [-0.2, 0) is 61.8 Å². The SMILES string of the molecule is O=C(O)COCCOCCOCCOCCOCCOCCOCCOCCOCCOCCNc1cccc2c1C(=O)N(C1CCC(=O)NC1=O)C2=O. The number of ether oxygens (including phenoxy) is 10. The van der Waals surface area contributed by atoms with Crippen molar-refractivity contribution in [3.8, 4) is 0 Å². The molecule has 0 aromatic heterocycles. The third kappa shape index (κ3) is 17.7. The molecule has 0 radical (unpaired) electrons. The maximum absolute atomic E-state index is 13.1. The van der Waals surface area contributed by atoms with Crippen molar-refractivity contribution in [3.63, 3.8) is 0 Å². The third-order valence-corrected chi connectivity index (χ3v) is 7.60. The lowest BCUT2D eigenvalue weighted by Crippen LogP contribution is -2.54. The normalized spacial score (nSPS) is 15.6. The molecule has 0 bridgehead atoms. The molecular weight excluding hydrogens is 718 g/mol. The highest BCUT2D eigenvalue weighted by Gasteiger charge is 2.45. The molecule has 1 atom stereocenters. The lowest BCUT2D eigenvalue weighted by atomic mass is 10.0. The number of anilines is 1. The summed E-state index contributed by atoms with van der Waals surface area (Å²) in [6.45, 7) is 7.75. The molecule has 1 aromatic carbocycles. The van der Waals surface area contributed by atoms with Crippen molar-refractivity contribution in [2.75, 3.05) is 144 Å². The molecule has 19 nitrogen and oxygen atoms in total. The molecule has 304 valence electrons. The van der Waals surface area contributed by atoms with Gasteiger partial charge in [-0.15, -0.1) is 0 Å². The molecule has 4 amide bonds. The Hall–Kier alpha value is -3.63. The van der Waals surface area contributed by atoms with Crippen LogP contribution in [0.4, 0.5) is 5.69 Å². The molecule has 3 rings (SSSR count). The van der Waals surface area contributed by atoms with Crippen LogP contribution in [0.2, 0.25) is 0 Å². The predicted molar refractivity (Wildman–Crippen MR) is 187 cm³/mol. The molecule has 1 saturated heterocycles. The molecule has 0 aliphatic carbocycles. The Morgan fingerprint density at radius 2 is 1.06 bits per heavy atom. The highest BCUT2D eigenvalue weighted by atomic mass is 16.6. The first-order valence-electron chi connectivity index (χ1n) is 18.0. The molecule has 0 spiro atoms. The van der Waals surface area contributed by atoms with Gasteiger partial charge in [-0.1, -0.05) is 6.07 Å². The largest absolute Gasteiger partial charge is 0.480 e. The van der Waals surface area contributed by atoms with E-state index in [9.17, 15) is 24.0 Å². The Kier molecular flexibility index (Phi) is 23.1. The summed E-state index contributed by atoms with van der Waals surface area (Å²) in [5.74, 6) is -3.20. The number of nitrogens with zero attached hydrogens (tertiary/aromatic N) is 1. The number of carboxylic acid groups (broad SMARTS) is 1. The fourth-order valence-corrected chi connectivity index (χ4v) is 5.06. The van der Waals surface area contributed by atoms with Gasteiger partial charge in [0.15, 0.2) is 0 Å². The Morgan fingerprint density at radius 3 is 1.48 bits per heavy atom. The number of hydrogen-bond donors (Lipinski definition) is 3. The van der Waals surface area contributed by atoms with Crippen LogP contribution in [0.15, 0.2) is 18.2 Å². The number of carboxylic acids is 1. The first-order valence-corrected chi connectivity index (χ1v) is 18.0. The van der Waals surface area contributed by atoms with Crippen LogP contribution in [0.3, 0.4) is 0 Å². The minimum absolute atomic E-state index is 0.0612. The molecule has 1 aromatic rings. The predicted octanol–water partition coefficient (Wildman–Crippen LogP) is -0.250. The van der Waals surface area contributed by atoms with Crippen molar-refractivity contribution in [1.82, 2.24) is 10.2 Å². The molecule has 0 saturated carbocycles. The van der Waals surface area contributed by atoms with Crippen LogP contribution >= 0.6 is 0 Å². The van der Waals surface area contributed by atoms with Gasteiger partial charge in [0, 0.05) is 18.7 Å². The van der Waals surface area contributed by atoms with Gasteiger partial charge in [0.2, 0.25) is 11.8 Å². The van der Waals surface area contributed by atoms with Crippen LogP contribution in [0.25, 0.3) is 0 Å². The molecule has 2 aliphatic heterocycles. The second-order valence-corrected chi connectivity index (χ2v) is 11.6. The van der Waals surface area contributed by atoms with Crippen LogP contribution < -0.4 is 10.6 Å². The van der Waals surface area contributed by atoms with E-state index in [4.69, 9.17) is 52.5 Å². The number of benzene rings is 1. The van der Waals surface area contributed by atoms with Crippen molar-refractivity contribution >= 4 is 35.3 Å². The van der Waals surface area contributed by atoms with Crippen LogP contribution in [-0.4, -0.2) is 184 Å². The number of fused-ring (bicyclic) bond motifs is 1. The number of amides is 4. The molecule has 1 unspecified atom stereocenters. The van der Waals surface area contributed by atoms with E-state index >= 15 is 0 Å². The van der Waals surface area contributed by atoms with E-state index in [1.807, 2.05) is 0 Å². The van der Waals surface area contributed by atoms with Crippen molar-refractivity contribution in [2.45, 2.75) is 18.9 Å². The van der Waals surface area contributed by atoms with E-state index in [1.165, 1.54) is 0 Å². The van der Waals surface area contributed by atoms with E-state index in [0.717, 1.165) is 4.90 Å². The van der Waals surface area contributed by atoms with Gasteiger partial charge in [0.1, 0.15) is 12.6 Å². The lowest BCUT2D eigenvalue weighted by Gasteiger charge is -2.27. The molecule has 2 heterocycles. The van der Waals surface area contributed by atoms with E-state index < -0.39 is 35.6 Å².